The van der Waals surface area contributed by atoms with E-state index < -0.39 is 41.5 Å². The van der Waals surface area contributed by atoms with E-state index in [2.05, 4.69) is 40.2 Å². The second-order valence-corrected chi connectivity index (χ2v) is 13.7. The van der Waals surface area contributed by atoms with Crippen LogP contribution in [0.4, 0.5) is 0 Å². The maximum absolute atomic E-state index is 12.4. The molecule has 0 bridgehead atoms. The molecule has 2 aromatic heterocycles. The fourth-order valence-electron chi connectivity index (χ4n) is 4.91. The quantitative estimate of drug-likeness (QED) is 0.0497. The van der Waals surface area contributed by atoms with E-state index in [1.807, 2.05) is 24.3 Å². The van der Waals surface area contributed by atoms with Crippen LogP contribution in [0.15, 0.2) is 110 Å². The van der Waals surface area contributed by atoms with Crippen molar-refractivity contribution in [3.8, 4) is 11.5 Å². The van der Waals surface area contributed by atoms with E-state index in [0.717, 1.165) is 23.3 Å². The number of esters is 4. The smallest absolute Gasteiger partial charge is 0.348 e. The Labute approximate surface area is 316 Å². The maximum Gasteiger partial charge on any atom is 0.348 e. The molecule has 0 spiro atoms. The number of rotatable bonds is 20. The van der Waals surface area contributed by atoms with E-state index >= 15 is 0 Å². The third-order valence-corrected chi connectivity index (χ3v) is 9.60. The van der Waals surface area contributed by atoms with E-state index in [9.17, 15) is 19.2 Å². The molecule has 0 radical (unpaired) electrons. The lowest BCUT2D eigenvalue weighted by atomic mass is 9.77. The number of ether oxygens (including phenoxy) is 6. The van der Waals surface area contributed by atoms with Crippen molar-refractivity contribution in [2.24, 2.45) is 0 Å². The van der Waals surface area contributed by atoms with Gasteiger partial charge in [-0.05, 0) is 58.3 Å². The summed E-state index contributed by atoms with van der Waals surface area (Å²) >= 11 is 2.49. The SMILES string of the molecule is C=CC(=O)OC(COC(=O)c1cccs1)COc1ccc(C(C)(C)c2ccc(OCC(COC(=O)c3cccs3)OC(=O)C=C)c(C=C)c2)cc1C=C. The predicted octanol–water partition coefficient (Wildman–Crippen LogP) is 8.09. The van der Waals surface area contributed by atoms with Crippen molar-refractivity contribution in [1.82, 2.24) is 0 Å². The summed E-state index contributed by atoms with van der Waals surface area (Å²) in [6.07, 6.45) is 3.61. The molecule has 2 unspecified atom stereocenters. The first-order valence-electron chi connectivity index (χ1n) is 16.4. The Hall–Kier alpha value is -5.72. The Balaban J connectivity index is 1.45. The molecule has 0 saturated heterocycles. The molecule has 10 nitrogen and oxygen atoms in total. The molecule has 4 rings (SSSR count). The molecule has 2 atom stereocenters. The van der Waals surface area contributed by atoms with Crippen LogP contribution in [-0.4, -0.2) is 62.5 Å². The minimum atomic E-state index is -0.887. The number of carbonyl (C=O) groups is 4. The summed E-state index contributed by atoms with van der Waals surface area (Å²) in [4.78, 5) is 49.5. The third-order valence-electron chi connectivity index (χ3n) is 7.90. The molecule has 12 heteroatoms. The maximum atomic E-state index is 12.4. The molecule has 53 heavy (non-hydrogen) atoms. The number of thiophene rings is 2. The van der Waals surface area contributed by atoms with Gasteiger partial charge in [-0.3, -0.25) is 0 Å². The molecule has 0 aliphatic heterocycles. The highest BCUT2D eigenvalue weighted by Crippen LogP contribution is 2.37. The van der Waals surface area contributed by atoms with Crippen LogP contribution < -0.4 is 9.47 Å². The van der Waals surface area contributed by atoms with E-state index in [-0.39, 0.29) is 26.4 Å². The molecule has 2 heterocycles. The van der Waals surface area contributed by atoms with Crippen LogP contribution in [0.5, 0.6) is 11.5 Å². The van der Waals surface area contributed by atoms with Crippen LogP contribution in [0.25, 0.3) is 12.2 Å². The van der Waals surface area contributed by atoms with Crippen LogP contribution in [0.1, 0.15) is 55.4 Å². The molecule has 0 aliphatic rings. The highest BCUT2D eigenvalue weighted by atomic mass is 32.1. The molecule has 0 saturated carbocycles. The average molecular weight is 757 g/mol. The van der Waals surface area contributed by atoms with Gasteiger partial charge < -0.3 is 28.4 Å². The van der Waals surface area contributed by atoms with Crippen LogP contribution in [0.3, 0.4) is 0 Å². The summed E-state index contributed by atoms with van der Waals surface area (Å²) in [7, 11) is 0. The lowest BCUT2D eigenvalue weighted by Crippen LogP contribution is -2.30. The van der Waals surface area contributed by atoms with Gasteiger partial charge in [-0.1, -0.05) is 76.6 Å². The molecule has 2 aromatic carbocycles. The first-order chi connectivity index (χ1) is 25.5. The van der Waals surface area contributed by atoms with Crippen molar-refractivity contribution in [3.63, 3.8) is 0 Å². The van der Waals surface area contributed by atoms with Gasteiger partial charge in [-0.15, -0.1) is 22.7 Å². The standard InChI is InChI=1S/C41H40O10S2/c1-7-27-21-29(15-17-33(27)46-23-31(50-37(42)9-3)25-48-39(44)35-13-11-19-52-35)41(5,6)30-16-18-34(28(8-2)22-30)47-24-32(51-38(43)10-4)26-49-40(45)36-14-12-20-53-36/h7-22,31-32H,1-4,23-26H2,5-6H3. The lowest BCUT2D eigenvalue weighted by Gasteiger charge is -2.28. The van der Waals surface area contributed by atoms with Crippen molar-refractivity contribution >= 4 is 58.7 Å². The van der Waals surface area contributed by atoms with Crippen LogP contribution in [-0.2, 0) is 34.0 Å². The molecule has 4 aromatic rings. The van der Waals surface area contributed by atoms with E-state index in [0.29, 0.717) is 32.4 Å². The molecule has 0 fully saturated rings. The average Bonchev–Trinajstić information content (AvgIpc) is 3.92. The first kappa shape index (κ1) is 40.1. The zero-order chi connectivity index (χ0) is 38.4. The summed E-state index contributed by atoms with van der Waals surface area (Å²) in [5, 5.41) is 3.53. The van der Waals surface area contributed by atoms with Crippen molar-refractivity contribution in [3.05, 3.63) is 142 Å². The topological polar surface area (TPSA) is 124 Å². The Morgan fingerprint density at radius 3 is 1.40 bits per heavy atom. The van der Waals surface area contributed by atoms with Crippen LogP contribution in [0, 0.1) is 0 Å². The predicted molar refractivity (Wildman–Crippen MR) is 206 cm³/mol. The van der Waals surface area contributed by atoms with Crippen molar-refractivity contribution in [2.45, 2.75) is 31.5 Å². The van der Waals surface area contributed by atoms with Crippen molar-refractivity contribution in [1.29, 1.82) is 0 Å². The number of carbonyl (C=O) groups excluding carboxylic acids is 4. The van der Waals surface area contributed by atoms with Crippen LogP contribution >= 0.6 is 22.7 Å². The first-order valence-corrected chi connectivity index (χ1v) is 18.1. The third kappa shape index (κ3) is 11.1. The van der Waals surface area contributed by atoms with E-state index in [4.69, 9.17) is 28.4 Å². The van der Waals surface area contributed by atoms with Gasteiger partial charge in [-0.2, -0.15) is 0 Å². The zero-order valence-electron chi connectivity index (χ0n) is 29.4. The molecular weight excluding hydrogens is 717 g/mol. The zero-order valence-corrected chi connectivity index (χ0v) is 31.1. The number of benzene rings is 2. The van der Waals surface area contributed by atoms with E-state index in [1.165, 1.54) is 22.7 Å². The monoisotopic (exact) mass is 756 g/mol. The van der Waals surface area contributed by atoms with Gasteiger partial charge in [-0.25, -0.2) is 19.2 Å². The lowest BCUT2D eigenvalue weighted by molar-refractivity contribution is -0.147. The van der Waals surface area contributed by atoms with Gasteiger partial charge in [0.2, 0.25) is 0 Å². The summed E-state index contributed by atoms with van der Waals surface area (Å²) in [5.41, 5.74) is 2.79. The molecular formula is C41H40O10S2. The minimum Gasteiger partial charge on any atom is -0.489 e. The van der Waals surface area contributed by atoms with Gasteiger partial charge in [0.25, 0.3) is 0 Å². The Kier molecular flexibility index (Phi) is 14.5. The normalized spacial score (nSPS) is 12.0. The largest absolute Gasteiger partial charge is 0.489 e. The summed E-state index contributed by atoms with van der Waals surface area (Å²) in [6, 6.07) is 18.1. The number of hydrogen-bond donors (Lipinski definition) is 0. The second kappa shape index (κ2) is 19.2. The molecule has 276 valence electrons. The van der Waals surface area contributed by atoms with Gasteiger partial charge >= 0.3 is 23.9 Å². The molecule has 0 N–H and O–H groups in total. The minimum absolute atomic E-state index is 0.0875. The number of hydrogen-bond acceptors (Lipinski definition) is 12. The fourth-order valence-corrected chi connectivity index (χ4v) is 6.15. The van der Waals surface area contributed by atoms with Crippen molar-refractivity contribution in [2.75, 3.05) is 26.4 Å². The second-order valence-electron chi connectivity index (χ2n) is 11.8. The van der Waals surface area contributed by atoms with Gasteiger partial charge in [0.1, 0.15) is 47.7 Å². The Bertz CT molecular complexity index is 1790. The Morgan fingerprint density at radius 2 is 1.06 bits per heavy atom. The Morgan fingerprint density at radius 1 is 0.642 bits per heavy atom. The summed E-state index contributed by atoms with van der Waals surface area (Å²) < 4.78 is 33.6. The van der Waals surface area contributed by atoms with Crippen molar-refractivity contribution < 1.29 is 47.6 Å². The summed E-state index contributed by atoms with van der Waals surface area (Å²) in [6.45, 7) is 18.3. The highest BCUT2D eigenvalue weighted by Gasteiger charge is 2.26. The molecule has 0 amide bonds. The van der Waals surface area contributed by atoms with Crippen LogP contribution in [0.2, 0.25) is 0 Å². The van der Waals surface area contributed by atoms with E-state index in [1.54, 1.807) is 59.3 Å². The summed E-state index contributed by atoms with van der Waals surface area (Å²) in [5.74, 6) is -1.41. The van der Waals surface area contributed by atoms with Gasteiger partial charge in [0, 0.05) is 28.7 Å². The fraction of sp³-hybridized carbons (Fsp3) is 0.220. The molecule has 0 aliphatic carbocycles. The highest BCUT2D eigenvalue weighted by molar-refractivity contribution is 7.12. The van der Waals surface area contributed by atoms with Gasteiger partial charge in [0.05, 0.1) is 0 Å². The van der Waals surface area contributed by atoms with Gasteiger partial charge in [0.15, 0.2) is 12.2 Å².